The number of nitrogens with one attached hydrogen (secondary N) is 2. The minimum Gasteiger partial charge on any atom is -0.338 e. The van der Waals surface area contributed by atoms with Crippen molar-refractivity contribution in [3.8, 4) is 11.4 Å². The number of hydrogen-bond donors (Lipinski definition) is 2. The zero-order valence-corrected chi connectivity index (χ0v) is 17.2. The molecule has 1 aliphatic rings. The molecule has 1 saturated heterocycles. The summed E-state index contributed by atoms with van der Waals surface area (Å²) in [5, 5.41) is 10.0. The van der Waals surface area contributed by atoms with Crippen molar-refractivity contribution in [1.82, 2.24) is 20.4 Å². The number of likely N-dealkylation sites (tertiary alicyclic amines) is 1. The van der Waals surface area contributed by atoms with Gasteiger partial charge in [-0.25, -0.2) is 4.79 Å². The summed E-state index contributed by atoms with van der Waals surface area (Å²) >= 11 is 0. The Morgan fingerprint density at radius 3 is 2.77 bits per heavy atom. The van der Waals surface area contributed by atoms with Gasteiger partial charge >= 0.3 is 6.03 Å². The number of aryl methyl sites for hydroxylation is 1. The van der Waals surface area contributed by atoms with E-state index in [4.69, 9.17) is 4.52 Å². The highest BCUT2D eigenvalue weighted by molar-refractivity contribution is 5.89. The molecule has 1 aromatic heterocycles. The van der Waals surface area contributed by atoms with Gasteiger partial charge in [-0.1, -0.05) is 54.0 Å². The molecule has 2 aromatic carbocycles. The van der Waals surface area contributed by atoms with Crippen LogP contribution in [0.1, 0.15) is 30.7 Å². The third-order valence-electron chi connectivity index (χ3n) is 5.47. The van der Waals surface area contributed by atoms with Gasteiger partial charge in [0.2, 0.25) is 11.7 Å². The Morgan fingerprint density at radius 1 is 1.13 bits per heavy atom. The molecule has 2 heterocycles. The molecule has 156 valence electrons. The fourth-order valence-electron chi connectivity index (χ4n) is 3.83. The normalized spacial score (nSPS) is 16.9. The minimum atomic E-state index is -0.189. The number of hydrogen-bond acceptors (Lipinski definition) is 5. The summed E-state index contributed by atoms with van der Waals surface area (Å²) < 4.78 is 5.53. The average molecular weight is 406 g/mol. The molecule has 0 radical (unpaired) electrons. The van der Waals surface area contributed by atoms with E-state index < -0.39 is 0 Å². The molecule has 2 N–H and O–H groups in total. The number of amides is 2. The molecule has 0 spiro atoms. The van der Waals surface area contributed by atoms with Gasteiger partial charge in [-0.3, -0.25) is 4.90 Å². The van der Waals surface area contributed by atoms with E-state index in [9.17, 15) is 4.79 Å². The molecular formula is C23H27N5O2. The van der Waals surface area contributed by atoms with Crippen LogP contribution in [-0.2, 0) is 6.54 Å². The van der Waals surface area contributed by atoms with Crippen LogP contribution < -0.4 is 10.6 Å². The van der Waals surface area contributed by atoms with E-state index in [0.29, 0.717) is 24.8 Å². The van der Waals surface area contributed by atoms with Crippen LogP contribution in [0, 0.1) is 6.92 Å². The summed E-state index contributed by atoms with van der Waals surface area (Å²) in [6, 6.07) is 17.5. The molecule has 1 aliphatic heterocycles. The number of anilines is 1. The van der Waals surface area contributed by atoms with Crippen molar-refractivity contribution in [2.75, 3.05) is 18.4 Å². The van der Waals surface area contributed by atoms with Crippen LogP contribution >= 0.6 is 0 Å². The number of para-hydroxylation sites is 1. The molecule has 1 fully saturated rings. The second-order valence-corrected chi connectivity index (χ2v) is 7.65. The minimum absolute atomic E-state index is 0.189. The van der Waals surface area contributed by atoms with Crippen molar-refractivity contribution in [1.29, 1.82) is 0 Å². The number of piperidine rings is 1. The number of nitrogens with zero attached hydrogens (tertiary/aromatic N) is 3. The molecule has 4 rings (SSSR count). The van der Waals surface area contributed by atoms with Crippen molar-refractivity contribution in [3.05, 3.63) is 66.1 Å². The Bertz CT molecular complexity index is 972. The number of rotatable bonds is 6. The third-order valence-corrected chi connectivity index (χ3v) is 5.47. The van der Waals surface area contributed by atoms with Gasteiger partial charge in [-0.05, 0) is 44.0 Å². The molecule has 0 saturated carbocycles. The van der Waals surface area contributed by atoms with Gasteiger partial charge in [0.05, 0.1) is 6.54 Å². The summed E-state index contributed by atoms with van der Waals surface area (Å²) in [5.74, 6) is 1.23. The monoisotopic (exact) mass is 405 g/mol. The second-order valence-electron chi connectivity index (χ2n) is 7.65. The van der Waals surface area contributed by atoms with Gasteiger partial charge in [0.25, 0.3) is 0 Å². The first-order chi connectivity index (χ1) is 14.7. The Morgan fingerprint density at radius 2 is 1.93 bits per heavy atom. The predicted octanol–water partition coefficient (Wildman–Crippen LogP) is 4.22. The fourth-order valence-corrected chi connectivity index (χ4v) is 3.83. The largest absolute Gasteiger partial charge is 0.338 e. The summed E-state index contributed by atoms with van der Waals surface area (Å²) in [7, 11) is 0. The van der Waals surface area contributed by atoms with E-state index >= 15 is 0 Å². The molecule has 2 amide bonds. The molecule has 7 heteroatoms. The average Bonchev–Trinajstić information content (AvgIpc) is 3.22. The van der Waals surface area contributed by atoms with E-state index in [0.717, 1.165) is 42.6 Å². The van der Waals surface area contributed by atoms with Crippen LogP contribution in [0.2, 0.25) is 0 Å². The Labute approximate surface area is 176 Å². The molecule has 30 heavy (non-hydrogen) atoms. The lowest BCUT2D eigenvalue weighted by Crippen LogP contribution is -2.47. The molecule has 1 unspecified atom stereocenters. The number of aromatic nitrogens is 2. The lowest BCUT2D eigenvalue weighted by molar-refractivity contribution is 0.123. The van der Waals surface area contributed by atoms with Gasteiger partial charge < -0.3 is 15.2 Å². The van der Waals surface area contributed by atoms with Crippen molar-refractivity contribution < 1.29 is 9.32 Å². The maximum atomic E-state index is 12.2. The highest BCUT2D eigenvalue weighted by atomic mass is 16.5. The molecule has 0 aliphatic carbocycles. The standard InChI is InChI=1S/C23H27N5O2/c1-17-9-5-6-13-20(17)22-26-21(30-27-22)16-28-14-8-7-12-19(28)15-24-23(29)25-18-10-3-2-4-11-18/h2-6,9-11,13,19H,7-8,12,14-16H2,1H3,(H2,24,25,29). The first-order valence-corrected chi connectivity index (χ1v) is 10.4. The van der Waals surface area contributed by atoms with E-state index in [1.165, 1.54) is 0 Å². The van der Waals surface area contributed by atoms with Crippen LogP contribution in [-0.4, -0.2) is 40.2 Å². The topological polar surface area (TPSA) is 83.3 Å². The lowest BCUT2D eigenvalue weighted by Gasteiger charge is -2.34. The van der Waals surface area contributed by atoms with Crippen molar-refractivity contribution in [3.63, 3.8) is 0 Å². The summed E-state index contributed by atoms with van der Waals surface area (Å²) in [4.78, 5) is 19.2. The molecular weight excluding hydrogens is 378 g/mol. The van der Waals surface area contributed by atoms with Gasteiger partial charge in [-0.2, -0.15) is 4.98 Å². The quantitative estimate of drug-likeness (QED) is 0.641. The van der Waals surface area contributed by atoms with E-state index in [1.54, 1.807) is 0 Å². The lowest BCUT2D eigenvalue weighted by atomic mass is 10.0. The maximum absolute atomic E-state index is 12.2. The predicted molar refractivity (Wildman–Crippen MR) is 116 cm³/mol. The van der Waals surface area contributed by atoms with Gasteiger partial charge in [-0.15, -0.1) is 0 Å². The molecule has 3 aromatic rings. The summed E-state index contributed by atoms with van der Waals surface area (Å²) in [5.41, 5.74) is 2.89. The van der Waals surface area contributed by atoms with Gasteiger partial charge in [0, 0.05) is 23.8 Å². The van der Waals surface area contributed by atoms with Gasteiger partial charge in [0.15, 0.2) is 0 Å². The zero-order valence-electron chi connectivity index (χ0n) is 17.2. The SMILES string of the molecule is Cc1ccccc1-c1noc(CN2CCCCC2CNC(=O)Nc2ccccc2)n1. The molecule has 7 nitrogen and oxygen atoms in total. The number of urea groups is 1. The second kappa shape index (κ2) is 9.54. The van der Waals surface area contributed by atoms with E-state index in [2.05, 4.69) is 25.7 Å². The molecule has 1 atom stereocenters. The van der Waals surface area contributed by atoms with Gasteiger partial charge in [0.1, 0.15) is 0 Å². The van der Waals surface area contributed by atoms with Crippen LogP contribution in [0.3, 0.4) is 0 Å². The van der Waals surface area contributed by atoms with Crippen molar-refractivity contribution in [2.45, 2.75) is 38.8 Å². The van der Waals surface area contributed by atoms with Crippen molar-refractivity contribution in [2.24, 2.45) is 0 Å². The third kappa shape index (κ3) is 5.04. The first kappa shape index (κ1) is 20.1. The first-order valence-electron chi connectivity index (χ1n) is 10.4. The highest BCUT2D eigenvalue weighted by Crippen LogP contribution is 2.22. The number of carbonyl (C=O) groups excluding carboxylic acids is 1. The van der Waals surface area contributed by atoms with E-state index in [1.807, 2.05) is 61.5 Å². The van der Waals surface area contributed by atoms with Crippen LogP contribution in [0.4, 0.5) is 10.5 Å². The Balaban J connectivity index is 1.35. The maximum Gasteiger partial charge on any atom is 0.319 e. The van der Waals surface area contributed by atoms with Crippen LogP contribution in [0.25, 0.3) is 11.4 Å². The molecule has 0 bridgehead atoms. The Hall–Kier alpha value is -3.19. The Kier molecular flexibility index (Phi) is 6.39. The highest BCUT2D eigenvalue weighted by Gasteiger charge is 2.25. The van der Waals surface area contributed by atoms with Crippen molar-refractivity contribution >= 4 is 11.7 Å². The summed E-state index contributed by atoms with van der Waals surface area (Å²) in [6.45, 7) is 4.16. The number of benzene rings is 2. The van der Waals surface area contributed by atoms with Crippen LogP contribution in [0.5, 0.6) is 0 Å². The number of carbonyl (C=O) groups is 1. The zero-order chi connectivity index (χ0) is 20.8. The van der Waals surface area contributed by atoms with E-state index in [-0.39, 0.29) is 12.1 Å². The summed E-state index contributed by atoms with van der Waals surface area (Å²) in [6.07, 6.45) is 3.32. The fraction of sp³-hybridized carbons (Fsp3) is 0.348. The van der Waals surface area contributed by atoms with Crippen LogP contribution in [0.15, 0.2) is 59.1 Å². The smallest absolute Gasteiger partial charge is 0.319 e.